The van der Waals surface area contributed by atoms with Crippen LogP contribution in [-0.2, 0) is 8.85 Å². The zero-order chi connectivity index (χ0) is 14.7. The molecular formula is C16H36O2Si. The molecule has 116 valence electrons. The maximum atomic E-state index is 6.55. The topological polar surface area (TPSA) is 18.5 Å². The number of unbranched alkanes of at least 4 members (excludes halogenated alkanes) is 1. The number of hydrogen-bond acceptors (Lipinski definition) is 2. The van der Waals surface area contributed by atoms with Crippen molar-refractivity contribution in [1.82, 2.24) is 0 Å². The Balaban J connectivity index is 4.55. The zero-order valence-electron chi connectivity index (χ0n) is 14.1. The summed E-state index contributed by atoms with van der Waals surface area (Å²) in [6.45, 7) is 14.2. The summed E-state index contributed by atoms with van der Waals surface area (Å²) in [6.07, 6.45) is 6.53. The molecule has 0 aromatic heterocycles. The summed E-state index contributed by atoms with van der Waals surface area (Å²) >= 11 is 0. The third-order valence-corrected chi connectivity index (χ3v) is 7.24. The van der Waals surface area contributed by atoms with Crippen LogP contribution in [0.25, 0.3) is 0 Å². The molecule has 0 aliphatic heterocycles. The van der Waals surface area contributed by atoms with Gasteiger partial charge in [-0.2, -0.15) is 0 Å². The standard InChI is InChI=1S/C16H36O2Si/c1-7-11-13-16(12-8-2)18-19(9-3,10-4)17-14-15(5)6/h15-16H,7-14H2,1-6H3. The van der Waals surface area contributed by atoms with Crippen LogP contribution < -0.4 is 0 Å². The third-order valence-electron chi connectivity index (χ3n) is 3.63. The van der Waals surface area contributed by atoms with Crippen molar-refractivity contribution in [2.75, 3.05) is 6.61 Å². The van der Waals surface area contributed by atoms with Crippen molar-refractivity contribution < 1.29 is 8.85 Å². The highest BCUT2D eigenvalue weighted by Gasteiger charge is 2.36. The lowest BCUT2D eigenvalue weighted by atomic mass is 10.1. The van der Waals surface area contributed by atoms with E-state index in [-0.39, 0.29) is 0 Å². The molecule has 0 aliphatic rings. The minimum Gasteiger partial charge on any atom is -0.394 e. The average molecular weight is 289 g/mol. The summed E-state index contributed by atoms with van der Waals surface area (Å²) in [4.78, 5) is 0. The van der Waals surface area contributed by atoms with Crippen molar-refractivity contribution in [2.24, 2.45) is 5.92 Å². The fourth-order valence-corrected chi connectivity index (χ4v) is 5.08. The zero-order valence-corrected chi connectivity index (χ0v) is 15.1. The first-order chi connectivity index (χ1) is 9.03. The second-order valence-corrected chi connectivity index (χ2v) is 9.75. The Bertz CT molecular complexity index is 203. The van der Waals surface area contributed by atoms with Crippen LogP contribution in [0.5, 0.6) is 0 Å². The van der Waals surface area contributed by atoms with Gasteiger partial charge in [-0.1, -0.05) is 60.8 Å². The Morgan fingerprint density at radius 3 is 1.95 bits per heavy atom. The SMILES string of the molecule is CCCCC(CCC)O[Si](CC)(CC)OCC(C)C. The molecule has 0 aromatic carbocycles. The van der Waals surface area contributed by atoms with Crippen LogP contribution in [0.4, 0.5) is 0 Å². The van der Waals surface area contributed by atoms with Crippen LogP contribution in [0.15, 0.2) is 0 Å². The van der Waals surface area contributed by atoms with E-state index in [1.54, 1.807) is 0 Å². The van der Waals surface area contributed by atoms with Crippen LogP contribution in [0.1, 0.15) is 73.6 Å². The smallest absolute Gasteiger partial charge is 0.337 e. The van der Waals surface area contributed by atoms with Gasteiger partial charge in [0.25, 0.3) is 0 Å². The Kier molecular flexibility index (Phi) is 10.9. The Morgan fingerprint density at radius 2 is 1.53 bits per heavy atom. The van der Waals surface area contributed by atoms with E-state index in [1.807, 2.05) is 0 Å². The van der Waals surface area contributed by atoms with Gasteiger partial charge in [0.15, 0.2) is 0 Å². The lowest BCUT2D eigenvalue weighted by molar-refractivity contribution is 0.0911. The maximum Gasteiger partial charge on any atom is 0.337 e. The van der Waals surface area contributed by atoms with Gasteiger partial charge in [0.05, 0.1) is 0 Å². The Morgan fingerprint density at radius 1 is 0.895 bits per heavy atom. The molecule has 0 heterocycles. The third kappa shape index (κ3) is 8.11. The lowest BCUT2D eigenvalue weighted by Crippen LogP contribution is -2.44. The molecule has 0 fully saturated rings. The van der Waals surface area contributed by atoms with Crippen molar-refractivity contribution in [1.29, 1.82) is 0 Å². The summed E-state index contributed by atoms with van der Waals surface area (Å²) in [6, 6.07) is 2.14. The van der Waals surface area contributed by atoms with E-state index >= 15 is 0 Å². The normalized spacial score (nSPS) is 14.1. The van der Waals surface area contributed by atoms with E-state index in [9.17, 15) is 0 Å². The van der Waals surface area contributed by atoms with Crippen LogP contribution in [0.2, 0.25) is 12.1 Å². The van der Waals surface area contributed by atoms with Crippen molar-refractivity contribution >= 4 is 8.56 Å². The molecule has 19 heavy (non-hydrogen) atoms. The molecule has 0 bridgehead atoms. The summed E-state index contributed by atoms with van der Waals surface area (Å²) in [5, 5.41) is 0. The molecule has 0 rings (SSSR count). The first kappa shape index (κ1) is 19.1. The van der Waals surface area contributed by atoms with Gasteiger partial charge in [0.1, 0.15) is 0 Å². The minimum atomic E-state index is -1.96. The molecule has 1 unspecified atom stereocenters. The molecular weight excluding hydrogens is 252 g/mol. The monoisotopic (exact) mass is 288 g/mol. The Hall–Kier alpha value is 0.137. The second-order valence-electron chi connectivity index (χ2n) is 5.99. The molecule has 3 heteroatoms. The molecule has 0 spiro atoms. The average Bonchev–Trinajstić information content (AvgIpc) is 2.40. The van der Waals surface area contributed by atoms with Crippen LogP contribution >= 0.6 is 0 Å². The fourth-order valence-electron chi connectivity index (χ4n) is 2.29. The summed E-state index contributed by atoms with van der Waals surface area (Å²) in [5.74, 6) is 0.592. The van der Waals surface area contributed by atoms with E-state index in [1.165, 1.54) is 32.1 Å². The van der Waals surface area contributed by atoms with Crippen LogP contribution in [0.3, 0.4) is 0 Å². The first-order valence-corrected chi connectivity index (χ1v) is 10.6. The van der Waals surface area contributed by atoms with Gasteiger partial charge in [-0.3, -0.25) is 0 Å². The summed E-state index contributed by atoms with van der Waals surface area (Å²) < 4.78 is 12.8. The van der Waals surface area contributed by atoms with E-state index in [0.29, 0.717) is 12.0 Å². The number of rotatable bonds is 12. The minimum absolute atomic E-state index is 0.420. The molecule has 1 atom stereocenters. The molecule has 0 radical (unpaired) electrons. The van der Waals surface area contributed by atoms with Crippen molar-refractivity contribution in [3.05, 3.63) is 0 Å². The van der Waals surface area contributed by atoms with Crippen molar-refractivity contribution in [3.63, 3.8) is 0 Å². The van der Waals surface area contributed by atoms with Gasteiger partial charge in [0.2, 0.25) is 0 Å². The first-order valence-electron chi connectivity index (χ1n) is 8.35. The van der Waals surface area contributed by atoms with Crippen molar-refractivity contribution in [3.8, 4) is 0 Å². The highest BCUT2D eigenvalue weighted by Crippen LogP contribution is 2.25. The molecule has 2 nitrogen and oxygen atoms in total. The highest BCUT2D eigenvalue weighted by molar-refractivity contribution is 6.67. The summed E-state index contributed by atoms with van der Waals surface area (Å²) in [5.41, 5.74) is 0. The summed E-state index contributed by atoms with van der Waals surface area (Å²) in [7, 11) is -1.96. The fraction of sp³-hybridized carbons (Fsp3) is 1.00. The van der Waals surface area contributed by atoms with Gasteiger partial charge in [-0.15, -0.1) is 0 Å². The van der Waals surface area contributed by atoms with E-state index in [4.69, 9.17) is 8.85 Å². The predicted octanol–water partition coefficient (Wildman–Crippen LogP) is 5.52. The van der Waals surface area contributed by atoms with Gasteiger partial charge in [0, 0.05) is 12.7 Å². The molecule has 0 N–H and O–H groups in total. The van der Waals surface area contributed by atoms with Gasteiger partial charge in [-0.25, -0.2) is 0 Å². The van der Waals surface area contributed by atoms with E-state index in [0.717, 1.165) is 18.7 Å². The van der Waals surface area contributed by atoms with Gasteiger partial charge in [-0.05, 0) is 30.8 Å². The molecule has 0 aliphatic carbocycles. The maximum absolute atomic E-state index is 6.55. The predicted molar refractivity (Wildman–Crippen MR) is 86.8 cm³/mol. The second kappa shape index (κ2) is 10.9. The highest BCUT2D eigenvalue weighted by atomic mass is 28.4. The molecule has 0 saturated heterocycles. The van der Waals surface area contributed by atoms with E-state index < -0.39 is 8.56 Å². The van der Waals surface area contributed by atoms with Crippen LogP contribution in [-0.4, -0.2) is 21.3 Å². The molecule has 0 aromatic rings. The largest absolute Gasteiger partial charge is 0.394 e. The lowest BCUT2D eigenvalue weighted by Gasteiger charge is -2.34. The molecule has 0 saturated carbocycles. The van der Waals surface area contributed by atoms with Gasteiger partial charge >= 0.3 is 8.56 Å². The molecule has 0 amide bonds. The van der Waals surface area contributed by atoms with Crippen LogP contribution in [0, 0.1) is 5.92 Å². The van der Waals surface area contributed by atoms with E-state index in [2.05, 4.69) is 41.5 Å². The number of hydrogen-bond donors (Lipinski definition) is 0. The Labute approximate surface area is 122 Å². The van der Waals surface area contributed by atoms with Crippen molar-refractivity contribution in [2.45, 2.75) is 91.8 Å². The quantitative estimate of drug-likeness (QED) is 0.440. The van der Waals surface area contributed by atoms with Gasteiger partial charge < -0.3 is 8.85 Å².